The molecule has 0 unspecified atom stereocenters. The van der Waals surface area contributed by atoms with Gasteiger partial charge in [0.15, 0.2) is 0 Å². The predicted molar refractivity (Wildman–Crippen MR) is 70.0 cm³/mol. The first kappa shape index (κ1) is 13.0. The quantitative estimate of drug-likeness (QED) is 0.894. The summed E-state index contributed by atoms with van der Waals surface area (Å²) in [6.07, 6.45) is 2.29. The van der Waals surface area contributed by atoms with Crippen molar-refractivity contribution in [2.75, 3.05) is 18.4 Å². The highest BCUT2D eigenvalue weighted by Crippen LogP contribution is 2.18. The molecule has 1 N–H and O–H groups in total. The maximum atomic E-state index is 13.1. The Morgan fingerprint density at radius 3 is 3.00 bits per heavy atom. The summed E-state index contributed by atoms with van der Waals surface area (Å²) >= 11 is 0. The van der Waals surface area contributed by atoms with Crippen molar-refractivity contribution in [2.45, 2.75) is 32.7 Å². The van der Waals surface area contributed by atoms with Crippen LogP contribution in [0.2, 0.25) is 0 Å². The number of hydrogen-bond donors (Lipinski definition) is 1. The van der Waals surface area contributed by atoms with Crippen LogP contribution >= 0.6 is 0 Å². The standard InChI is InChI=1S/C14H19FN2O/c1-10-5-6-12(15)8-13(10)16-14(18)9-17-7-3-4-11(17)2/h5-6,8,11H,3-4,7,9H2,1-2H3,(H,16,18)/t11-/m1/s1. The summed E-state index contributed by atoms with van der Waals surface area (Å²) in [6, 6.07) is 4.89. The molecular weight excluding hydrogens is 231 g/mol. The van der Waals surface area contributed by atoms with Crippen LogP contribution in [0.1, 0.15) is 25.3 Å². The first-order valence-corrected chi connectivity index (χ1v) is 6.36. The minimum Gasteiger partial charge on any atom is -0.325 e. The Labute approximate surface area is 107 Å². The van der Waals surface area contributed by atoms with Gasteiger partial charge in [0.25, 0.3) is 0 Å². The molecule has 0 aliphatic carbocycles. The molecule has 1 fully saturated rings. The lowest BCUT2D eigenvalue weighted by molar-refractivity contribution is -0.117. The zero-order valence-corrected chi connectivity index (χ0v) is 10.9. The highest BCUT2D eigenvalue weighted by atomic mass is 19.1. The van der Waals surface area contributed by atoms with E-state index >= 15 is 0 Å². The molecule has 1 aliphatic heterocycles. The molecule has 0 radical (unpaired) electrons. The van der Waals surface area contributed by atoms with Gasteiger partial charge in [-0.15, -0.1) is 0 Å². The molecule has 4 heteroatoms. The van der Waals surface area contributed by atoms with Gasteiger partial charge < -0.3 is 5.32 Å². The van der Waals surface area contributed by atoms with E-state index in [-0.39, 0.29) is 11.7 Å². The number of nitrogens with zero attached hydrogens (tertiary/aromatic N) is 1. The Balaban J connectivity index is 1.96. The number of nitrogens with one attached hydrogen (secondary N) is 1. The van der Waals surface area contributed by atoms with Crippen molar-refractivity contribution in [1.82, 2.24) is 4.90 Å². The number of halogens is 1. The Morgan fingerprint density at radius 2 is 2.33 bits per heavy atom. The second kappa shape index (κ2) is 5.48. The third kappa shape index (κ3) is 3.07. The normalized spacial score (nSPS) is 20.1. The number of carbonyl (C=O) groups is 1. The van der Waals surface area contributed by atoms with E-state index in [0.29, 0.717) is 18.3 Å². The lowest BCUT2D eigenvalue weighted by Gasteiger charge is -2.20. The highest BCUT2D eigenvalue weighted by Gasteiger charge is 2.22. The molecule has 0 saturated carbocycles. The van der Waals surface area contributed by atoms with Gasteiger partial charge in [0.2, 0.25) is 5.91 Å². The van der Waals surface area contributed by atoms with Gasteiger partial charge in [-0.1, -0.05) is 6.07 Å². The average molecular weight is 250 g/mol. The van der Waals surface area contributed by atoms with Crippen molar-refractivity contribution < 1.29 is 9.18 Å². The molecule has 1 aromatic rings. The van der Waals surface area contributed by atoms with Crippen LogP contribution in [0.5, 0.6) is 0 Å². The molecule has 1 amide bonds. The van der Waals surface area contributed by atoms with Crippen molar-refractivity contribution in [3.8, 4) is 0 Å². The molecule has 0 spiro atoms. The Hall–Kier alpha value is -1.42. The van der Waals surface area contributed by atoms with Crippen LogP contribution in [0.4, 0.5) is 10.1 Å². The minimum atomic E-state index is -0.328. The van der Waals surface area contributed by atoms with E-state index in [1.165, 1.54) is 12.1 Å². The van der Waals surface area contributed by atoms with E-state index in [2.05, 4.69) is 17.1 Å². The van der Waals surface area contributed by atoms with E-state index in [4.69, 9.17) is 0 Å². The molecule has 1 aliphatic rings. The third-order valence-corrected chi connectivity index (χ3v) is 3.51. The number of carbonyl (C=O) groups excluding carboxylic acids is 1. The summed E-state index contributed by atoms with van der Waals surface area (Å²) in [4.78, 5) is 14.1. The van der Waals surface area contributed by atoms with Gasteiger partial charge in [-0.3, -0.25) is 9.69 Å². The van der Waals surface area contributed by atoms with Gasteiger partial charge in [-0.2, -0.15) is 0 Å². The van der Waals surface area contributed by atoms with Gasteiger partial charge in [-0.25, -0.2) is 4.39 Å². The topological polar surface area (TPSA) is 32.3 Å². The molecule has 18 heavy (non-hydrogen) atoms. The van der Waals surface area contributed by atoms with E-state index in [1.54, 1.807) is 6.07 Å². The summed E-state index contributed by atoms with van der Waals surface area (Å²) in [7, 11) is 0. The number of anilines is 1. The predicted octanol–water partition coefficient (Wildman–Crippen LogP) is 2.56. The van der Waals surface area contributed by atoms with E-state index in [9.17, 15) is 9.18 Å². The van der Waals surface area contributed by atoms with Gasteiger partial charge in [0.1, 0.15) is 5.82 Å². The first-order valence-electron chi connectivity index (χ1n) is 6.36. The van der Waals surface area contributed by atoms with Gasteiger partial charge in [0.05, 0.1) is 6.54 Å². The first-order chi connectivity index (χ1) is 8.56. The summed E-state index contributed by atoms with van der Waals surface area (Å²) in [6.45, 7) is 5.34. The smallest absolute Gasteiger partial charge is 0.238 e. The summed E-state index contributed by atoms with van der Waals surface area (Å²) in [5.74, 6) is -0.400. The zero-order valence-electron chi connectivity index (χ0n) is 10.9. The molecule has 1 atom stereocenters. The van der Waals surface area contributed by atoms with Crippen molar-refractivity contribution in [2.24, 2.45) is 0 Å². The van der Waals surface area contributed by atoms with Gasteiger partial charge >= 0.3 is 0 Å². The molecule has 0 aromatic heterocycles. The van der Waals surface area contributed by atoms with Gasteiger partial charge in [0, 0.05) is 11.7 Å². The highest BCUT2D eigenvalue weighted by molar-refractivity contribution is 5.93. The van der Waals surface area contributed by atoms with Gasteiger partial charge in [-0.05, 0) is 50.9 Å². The van der Waals surface area contributed by atoms with Crippen LogP contribution in [-0.4, -0.2) is 29.9 Å². The SMILES string of the molecule is Cc1ccc(F)cc1NC(=O)CN1CCC[C@H]1C. The monoisotopic (exact) mass is 250 g/mol. The number of amides is 1. The zero-order chi connectivity index (χ0) is 13.1. The van der Waals surface area contributed by atoms with Crippen molar-refractivity contribution >= 4 is 11.6 Å². The molecule has 1 aromatic carbocycles. The molecule has 1 heterocycles. The summed E-state index contributed by atoms with van der Waals surface area (Å²) < 4.78 is 13.1. The maximum Gasteiger partial charge on any atom is 0.238 e. The van der Waals surface area contributed by atoms with Crippen molar-refractivity contribution in [1.29, 1.82) is 0 Å². The molecule has 2 rings (SSSR count). The van der Waals surface area contributed by atoms with Crippen molar-refractivity contribution in [3.63, 3.8) is 0 Å². The molecule has 98 valence electrons. The van der Waals surface area contributed by atoms with Crippen LogP contribution in [-0.2, 0) is 4.79 Å². The fraction of sp³-hybridized carbons (Fsp3) is 0.500. The van der Waals surface area contributed by atoms with Crippen LogP contribution < -0.4 is 5.32 Å². The molecular formula is C14H19FN2O. The summed E-state index contributed by atoms with van der Waals surface area (Å²) in [5.41, 5.74) is 1.44. The molecule has 0 bridgehead atoms. The fourth-order valence-electron chi connectivity index (χ4n) is 2.33. The summed E-state index contributed by atoms with van der Waals surface area (Å²) in [5, 5.41) is 2.78. The molecule has 3 nitrogen and oxygen atoms in total. The molecule has 1 saturated heterocycles. The Kier molecular flexibility index (Phi) is 3.97. The van der Waals surface area contributed by atoms with Crippen LogP contribution in [0, 0.1) is 12.7 Å². The number of likely N-dealkylation sites (tertiary alicyclic amines) is 1. The van der Waals surface area contributed by atoms with E-state index in [0.717, 1.165) is 24.9 Å². The Morgan fingerprint density at radius 1 is 1.56 bits per heavy atom. The number of benzene rings is 1. The average Bonchev–Trinajstić information content (AvgIpc) is 2.70. The third-order valence-electron chi connectivity index (χ3n) is 3.51. The van der Waals surface area contributed by atoms with E-state index < -0.39 is 0 Å². The van der Waals surface area contributed by atoms with Crippen LogP contribution in [0.3, 0.4) is 0 Å². The lowest BCUT2D eigenvalue weighted by Crippen LogP contribution is -2.35. The van der Waals surface area contributed by atoms with Crippen LogP contribution in [0.15, 0.2) is 18.2 Å². The van der Waals surface area contributed by atoms with E-state index in [1.807, 2.05) is 6.92 Å². The number of rotatable bonds is 3. The number of hydrogen-bond acceptors (Lipinski definition) is 2. The van der Waals surface area contributed by atoms with Crippen LogP contribution in [0.25, 0.3) is 0 Å². The second-order valence-corrected chi connectivity index (χ2v) is 4.97. The second-order valence-electron chi connectivity index (χ2n) is 4.97. The Bertz CT molecular complexity index is 447. The fourth-order valence-corrected chi connectivity index (χ4v) is 2.33. The minimum absolute atomic E-state index is 0.0718. The largest absolute Gasteiger partial charge is 0.325 e. The van der Waals surface area contributed by atoms with Crippen molar-refractivity contribution in [3.05, 3.63) is 29.6 Å². The lowest BCUT2D eigenvalue weighted by atomic mass is 10.2. The number of aryl methyl sites for hydroxylation is 1. The maximum absolute atomic E-state index is 13.1.